The number of amides is 1. The topological polar surface area (TPSA) is 115 Å². The molecule has 31 heavy (non-hydrogen) atoms. The summed E-state index contributed by atoms with van der Waals surface area (Å²) in [5.74, 6) is 0.382. The van der Waals surface area contributed by atoms with Crippen LogP contribution in [0.3, 0.4) is 0 Å². The molecular weight excluding hydrogens is 400 g/mol. The molecule has 0 aliphatic rings. The Balaban J connectivity index is 1.75. The van der Waals surface area contributed by atoms with Crippen LogP contribution < -0.4 is 20.5 Å². The standard InChI is InChI=1S/C22H22N4O5/c1-4-6-14-7-5-8-15(21(14)28)11-24-25-20(27)12-26-13-23-17-10-19(31-3)18(30-2)9-16(17)22(26)29/h4-5,7-11,13,28H,1,6,12H2,2-3H3,(H,25,27)/b24-11+. The monoisotopic (exact) mass is 422 g/mol. The third kappa shape index (κ3) is 4.72. The summed E-state index contributed by atoms with van der Waals surface area (Å²) >= 11 is 0. The van der Waals surface area contributed by atoms with Crippen molar-refractivity contribution in [3.63, 3.8) is 0 Å². The van der Waals surface area contributed by atoms with Crippen LogP contribution >= 0.6 is 0 Å². The molecule has 3 rings (SSSR count). The zero-order valence-electron chi connectivity index (χ0n) is 17.2. The number of aromatic nitrogens is 2. The lowest BCUT2D eigenvalue weighted by Crippen LogP contribution is -2.30. The third-order valence-electron chi connectivity index (χ3n) is 4.55. The fraction of sp³-hybridized carbons (Fsp3) is 0.182. The highest BCUT2D eigenvalue weighted by Crippen LogP contribution is 2.29. The molecule has 0 aliphatic heterocycles. The number of ether oxygens (including phenoxy) is 2. The molecule has 0 saturated heterocycles. The Morgan fingerprint density at radius 3 is 2.74 bits per heavy atom. The van der Waals surface area contributed by atoms with Crippen LogP contribution in [0.25, 0.3) is 10.9 Å². The molecular formula is C22H22N4O5. The Bertz CT molecular complexity index is 1220. The number of nitrogens with zero attached hydrogens (tertiary/aromatic N) is 3. The summed E-state index contributed by atoms with van der Waals surface area (Å²) in [7, 11) is 2.96. The minimum absolute atomic E-state index is 0.0692. The van der Waals surface area contributed by atoms with Crippen LogP contribution in [-0.4, -0.2) is 41.0 Å². The van der Waals surface area contributed by atoms with Gasteiger partial charge in [-0.15, -0.1) is 6.58 Å². The SMILES string of the molecule is C=CCc1cccc(/C=N/NC(=O)Cn2cnc3cc(OC)c(OC)cc3c2=O)c1O. The number of nitrogens with one attached hydrogen (secondary N) is 1. The van der Waals surface area contributed by atoms with E-state index in [0.717, 1.165) is 0 Å². The maximum absolute atomic E-state index is 12.7. The van der Waals surface area contributed by atoms with Gasteiger partial charge in [0.25, 0.3) is 11.5 Å². The van der Waals surface area contributed by atoms with Gasteiger partial charge in [-0.25, -0.2) is 10.4 Å². The number of methoxy groups -OCH3 is 2. The van der Waals surface area contributed by atoms with E-state index in [1.807, 2.05) is 0 Å². The highest BCUT2D eigenvalue weighted by Gasteiger charge is 2.12. The first-order valence-electron chi connectivity index (χ1n) is 9.33. The summed E-state index contributed by atoms with van der Waals surface area (Å²) in [5, 5.41) is 14.4. The zero-order chi connectivity index (χ0) is 22.4. The Morgan fingerprint density at radius 2 is 2.03 bits per heavy atom. The highest BCUT2D eigenvalue weighted by atomic mass is 16.5. The summed E-state index contributed by atoms with van der Waals surface area (Å²) in [6.07, 6.45) is 4.80. The normalized spacial score (nSPS) is 10.9. The number of benzene rings is 2. The number of carbonyl (C=O) groups excluding carboxylic acids is 1. The van der Waals surface area contributed by atoms with Gasteiger partial charge in [0.15, 0.2) is 11.5 Å². The Labute approximate surface area is 178 Å². The second-order valence-corrected chi connectivity index (χ2v) is 6.54. The fourth-order valence-electron chi connectivity index (χ4n) is 3.00. The van der Waals surface area contributed by atoms with Crippen LogP contribution in [0.5, 0.6) is 17.2 Å². The Hall–Kier alpha value is -4.14. The number of fused-ring (bicyclic) bond motifs is 1. The molecule has 0 saturated carbocycles. The minimum atomic E-state index is -0.526. The first kappa shape index (κ1) is 21.6. The first-order chi connectivity index (χ1) is 15.0. The van der Waals surface area contributed by atoms with E-state index in [2.05, 4.69) is 22.1 Å². The van der Waals surface area contributed by atoms with E-state index < -0.39 is 11.5 Å². The van der Waals surface area contributed by atoms with Gasteiger partial charge in [-0.1, -0.05) is 18.2 Å². The highest BCUT2D eigenvalue weighted by molar-refractivity contribution is 5.86. The van der Waals surface area contributed by atoms with Gasteiger partial charge in [0.2, 0.25) is 0 Å². The summed E-state index contributed by atoms with van der Waals surface area (Å²) in [6, 6.07) is 8.32. The number of hydrazone groups is 1. The number of allylic oxidation sites excluding steroid dienone is 1. The largest absolute Gasteiger partial charge is 0.507 e. The van der Waals surface area contributed by atoms with E-state index in [1.165, 1.54) is 37.4 Å². The van der Waals surface area contributed by atoms with Crippen LogP contribution in [0.2, 0.25) is 0 Å². The molecule has 0 bridgehead atoms. The van der Waals surface area contributed by atoms with Crippen molar-refractivity contribution in [2.45, 2.75) is 13.0 Å². The summed E-state index contributed by atoms with van der Waals surface area (Å²) in [4.78, 5) is 29.2. The quantitative estimate of drug-likeness (QED) is 0.326. The second-order valence-electron chi connectivity index (χ2n) is 6.54. The van der Waals surface area contributed by atoms with E-state index in [1.54, 1.807) is 30.3 Å². The van der Waals surface area contributed by atoms with E-state index >= 15 is 0 Å². The van der Waals surface area contributed by atoms with E-state index in [4.69, 9.17) is 9.47 Å². The van der Waals surface area contributed by atoms with Gasteiger partial charge in [0.05, 0.1) is 37.7 Å². The van der Waals surface area contributed by atoms with Crippen molar-refractivity contribution in [2.75, 3.05) is 14.2 Å². The number of aromatic hydroxyl groups is 1. The lowest BCUT2D eigenvalue weighted by molar-refractivity contribution is -0.121. The fourth-order valence-corrected chi connectivity index (χ4v) is 3.00. The molecule has 3 aromatic rings. The molecule has 2 N–H and O–H groups in total. The number of hydrogen-bond acceptors (Lipinski definition) is 7. The summed E-state index contributed by atoms with van der Waals surface area (Å²) in [5.41, 5.74) is 3.51. The van der Waals surface area contributed by atoms with Crippen molar-refractivity contribution in [2.24, 2.45) is 5.10 Å². The lowest BCUT2D eigenvalue weighted by atomic mass is 10.1. The second kappa shape index (κ2) is 9.57. The molecule has 9 heteroatoms. The van der Waals surface area contributed by atoms with Gasteiger partial charge in [0, 0.05) is 11.6 Å². The molecule has 0 atom stereocenters. The maximum atomic E-state index is 12.7. The Morgan fingerprint density at radius 1 is 1.29 bits per heavy atom. The van der Waals surface area contributed by atoms with Gasteiger partial charge in [-0.05, 0) is 24.1 Å². The van der Waals surface area contributed by atoms with E-state index in [-0.39, 0.29) is 12.3 Å². The van der Waals surface area contributed by atoms with Crippen LogP contribution in [0, 0.1) is 0 Å². The number of hydrogen-bond donors (Lipinski definition) is 2. The maximum Gasteiger partial charge on any atom is 0.261 e. The molecule has 0 unspecified atom stereocenters. The van der Waals surface area contributed by atoms with Crippen LogP contribution in [0.1, 0.15) is 11.1 Å². The van der Waals surface area contributed by atoms with Crippen molar-refractivity contribution < 1.29 is 19.4 Å². The smallest absolute Gasteiger partial charge is 0.261 e. The van der Waals surface area contributed by atoms with Gasteiger partial charge >= 0.3 is 0 Å². The van der Waals surface area contributed by atoms with Crippen LogP contribution in [0.15, 0.2) is 59.2 Å². The number of phenolic OH excluding ortho intramolecular Hbond substituents is 1. The van der Waals surface area contributed by atoms with Crippen molar-refractivity contribution in [3.8, 4) is 17.2 Å². The molecule has 160 valence electrons. The third-order valence-corrected chi connectivity index (χ3v) is 4.55. The van der Waals surface area contributed by atoms with Crippen molar-refractivity contribution in [1.29, 1.82) is 0 Å². The minimum Gasteiger partial charge on any atom is -0.507 e. The van der Waals surface area contributed by atoms with Crippen molar-refractivity contribution in [3.05, 3.63) is 70.8 Å². The van der Waals surface area contributed by atoms with Crippen molar-refractivity contribution in [1.82, 2.24) is 15.0 Å². The van der Waals surface area contributed by atoms with Gasteiger partial charge in [-0.3, -0.25) is 14.2 Å². The average Bonchev–Trinajstić information content (AvgIpc) is 2.77. The first-order valence-corrected chi connectivity index (χ1v) is 9.33. The predicted octanol–water partition coefficient (Wildman–Crippen LogP) is 2.00. The number of carbonyl (C=O) groups is 1. The predicted molar refractivity (Wildman–Crippen MR) is 117 cm³/mol. The molecule has 1 amide bonds. The number of rotatable bonds is 8. The molecule has 0 spiro atoms. The van der Waals surface area contributed by atoms with Crippen LogP contribution in [0.4, 0.5) is 0 Å². The molecule has 1 aromatic heterocycles. The van der Waals surface area contributed by atoms with E-state index in [0.29, 0.717) is 39.9 Å². The average molecular weight is 422 g/mol. The number of para-hydroxylation sites is 1. The molecule has 9 nitrogen and oxygen atoms in total. The van der Waals surface area contributed by atoms with E-state index in [9.17, 15) is 14.7 Å². The van der Waals surface area contributed by atoms with Gasteiger partial charge in [-0.2, -0.15) is 5.10 Å². The Kier molecular flexibility index (Phi) is 6.66. The summed E-state index contributed by atoms with van der Waals surface area (Å²) < 4.78 is 11.6. The zero-order valence-corrected chi connectivity index (χ0v) is 17.2. The van der Waals surface area contributed by atoms with Crippen LogP contribution in [-0.2, 0) is 17.8 Å². The van der Waals surface area contributed by atoms with Gasteiger partial charge < -0.3 is 14.6 Å². The molecule has 0 aliphatic carbocycles. The number of phenols is 1. The van der Waals surface area contributed by atoms with Crippen molar-refractivity contribution >= 4 is 23.0 Å². The molecule has 0 fully saturated rings. The van der Waals surface area contributed by atoms with Gasteiger partial charge in [0.1, 0.15) is 12.3 Å². The molecule has 0 radical (unpaired) electrons. The lowest BCUT2D eigenvalue weighted by Gasteiger charge is -2.10. The molecule has 2 aromatic carbocycles. The molecule has 1 heterocycles. The summed E-state index contributed by atoms with van der Waals surface area (Å²) in [6.45, 7) is 3.37.